The third-order valence-corrected chi connectivity index (χ3v) is 4.65. The van der Waals surface area contributed by atoms with Gasteiger partial charge in [-0.2, -0.15) is 16.9 Å². The van der Waals surface area contributed by atoms with Crippen LogP contribution >= 0.6 is 11.8 Å². The molecule has 2 rings (SSSR count). The highest BCUT2D eigenvalue weighted by Crippen LogP contribution is 2.42. The van der Waals surface area contributed by atoms with Gasteiger partial charge in [-0.25, -0.2) is 0 Å². The molecule has 84 valence electrons. The van der Waals surface area contributed by atoms with Gasteiger partial charge in [-0.3, -0.25) is 4.68 Å². The molecule has 0 unspecified atom stereocenters. The molecular formula is C11H19N3S. The number of thioether (sulfide) groups is 1. The number of aryl methyl sites for hydroxylation is 1. The predicted molar refractivity (Wildman–Crippen MR) is 65.0 cm³/mol. The Balaban J connectivity index is 1.74. The highest BCUT2D eigenvalue weighted by Gasteiger charge is 2.35. The van der Waals surface area contributed by atoms with Gasteiger partial charge in [0.1, 0.15) is 0 Å². The van der Waals surface area contributed by atoms with Gasteiger partial charge in [0.2, 0.25) is 0 Å². The van der Waals surface area contributed by atoms with Crippen LogP contribution in [0.25, 0.3) is 0 Å². The molecule has 1 aliphatic rings. The van der Waals surface area contributed by atoms with Crippen LogP contribution in [-0.4, -0.2) is 27.3 Å². The normalized spacial score (nSPS) is 18.8. The summed E-state index contributed by atoms with van der Waals surface area (Å²) in [6.07, 6.45) is 10.4. The summed E-state index contributed by atoms with van der Waals surface area (Å²) in [7, 11) is 1.96. The minimum atomic E-state index is 0.530. The summed E-state index contributed by atoms with van der Waals surface area (Å²) < 4.78 is 2.38. The van der Waals surface area contributed by atoms with Gasteiger partial charge in [-0.05, 0) is 19.1 Å². The van der Waals surface area contributed by atoms with E-state index in [0.717, 1.165) is 13.1 Å². The van der Waals surface area contributed by atoms with Crippen molar-refractivity contribution in [1.82, 2.24) is 15.1 Å². The van der Waals surface area contributed by atoms with Crippen molar-refractivity contribution in [3.05, 3.63) is 18.0 Å². The summed E-state index contributed by atoms with van der Waals surface area (Å²) in [5, 5.41) is 7.69. The summed E-state index contributed by atoms with van der Waals surface area (Å²) in [5.74, 6) is 0. The Hall–Kier alpha value is -0.480. The molecule has 1 fully saturated rings. The van der Waals surface area contributed by atoms with Gasteiger partial charge in [0.15, 0.2) is 0 Å². The van der Waals surface area contributed by atoms with Gasteiger partial charge >= 0.3 is 0 Å². The maximum Gasteiger partial charge on any atom is 0.0534 e. The minimum absolute atomic E-state index is 0.530. The molecule has 0 atom stereocenters. The third-order valence-electron chi connectivity index (χ3n) is 3.23. The van der Waals surface area contributed by atoms with Crippen molar-refractivity contribution >= 4 is 11.8 Å². The van der Waals surface area contributed by atoms with Gasteiger partial charge in [0.25, 0.3) is 0 Å². The summed E-state index contributed by atoms with van der Waals surface area (Å²) in [6, 6.07) is 0. The maximum atomic E-state index is 4.16. The van der Waals surface area contributed by atoms with E-state index in [1.807, 2.05) is 29.7 Å². The summed E-state index contributed by atoms with van der Waals surface area (Å²) in [6.45, 7) is 2.07. The van der Waals surface area contributed by atoms with Crippen LogP contribution in [0, 0.1) is 0 Å². The molecule has 1 saturated carbocycles. The Morgan fingerprint density at radius 2 is 2.40 bits per heavy atom. The Bertz CT molecular complexity index is 312. The molecule has 1 aromatic heterocycles. The highest BCUT2D eigenvalue weighted by molar-refractivity contribution is 8.00. The lowest BCUT2D eigenvalue weighted by Crippen LogP contribution is -2.43. The summed E-state index contributed by atoms with van der Waals surface area (Å²) in [5.41, 5.74) is 1.27. The Kier molecular flexibility index (Phi) is 3.36. The van der Waals surface area contributed by atoms with Crippen LogP contribution in [0.5, 0.6) is 0 Å². The molecule has 0 amide bonds. The van der Waals surface area contributed by atoms with Crippen molar-refractivity contribution in [3.63, 3.8) is 0 Å². The summed E-state index contributed by atoms with van der Waals surface area (Å²) >= 11 is 2.02. The maximum absolute atomic E-state index is 4.16. The Morgan fingerprint density at radius 1 is 1.60 bits per heavy atom. The van der Waals surface area contributed by atoms with Crippen LogP contribution in [0.1, 0.15) is 24.8 Å². The largest absolute Gasteiger partial charge is 0.311 e. The molecule has 1 heterocycles. The van der Waals surface area contributed by atoms with E-state index in [0.29, 0.717) is 4.75 Å². The first kappa shape index (κ1) is 11.0. The zero-order valence-corrected chi connectivity index (χ0v) is 10.3. The lowest BCUT2D eigenvalue weighted by Gasteiger charge is -2.40. The van der Waals surface area contributed by atoms with Crippen LogP contribution in [0.2, 0.25) is 0 Å². The molecule has 0 bridgehead atoms. The van der Waals surface area contributed by atoms with E-state index >= 15 is 0 Å². The Labute approximate surface area is 95.6 Å². The first-order valence-corrected chi connectivity index (χ1v) is 6.70. The van der Waals surface area contributed by atoms with Crippen LogP contribution < -0.4 is 5.32 Å². The molecule has 0 aliphatic heterocycles. The number of rotatable bonds is 5. The van der Waals surface area contributed by atoms with Gasteiger partial charge in [0, 0.05) is 36.6 Å². The van der Waals surface area contributed by atoms with E-state index < -0.39 is 0 Å². The van der Waals surface area contributed by atoms with Gasteiger partial charge < -0.3 is 5.32 Å². The molecule has 3 nitrogen and oxygen atoms in total. The molecule has 0 aromatic carbocycles. The fourth-order valence-electron chi connectivity index (χ4n) is 2.02. The lowest BCUT2D eigenvalue weighted by molar-refractivity contribution is 0.345. The highest BCUT2D eigenvalue weighted by atomic mass is 32.2. The van der Waals surface area contributed by atoms with Crippen molar-refractivity contribution in [2.75, 3.05) is 12.8 Å². The van der Waals surface area contributed by atoms with Crippen molar-refractivity contribution in [3.8, 4) is 0 Å². The first-order valence-electron chi connectivity index (χ1n) is 5.47. The molecular weight excluding hydrogens is 206 g/mol. The molecule has 1 aliphatic carbocycles. The third kappa shape index (κ3) is 2.55. The van der Waals surface area contributed by atoms with E-state index in [1.165, 1.54) is 24.8 Å². The number of hydrogen-bond acceptors (Lipinski definition) is 3. The zero-order chi connectivity index (χ0) is 10.7. The lowest BCUT2D eigenvalue weighted by atomic mass is 9.84. The smallest absolute Gasteiger partial charge is 0.0534 e. The number of aromatic nitrogens is 2. The van der Waals surface area contributed by atoms with Crippen LogP contribution in [0.3, 0.4) is 0 Å². The van der Waals surface area contributed by atoms with E-state index in [2.05, 4.69) is 22.9 Å². The molecule has 0 spiro atoms. The fraction of sp³-hybridized carbons (Fsp3) is 0.727. The standard InChI is InChI=1S/C11H19N3S/c1-14-8-10(7-13-14)6-12-9-11(15-2)4-3-5-11/h7-8,12H,3-6,9H2,1-2H3. The fourth-order valence-corrected chi connectivity index (χ4v) is 2.97. The van der Waals surface area contributed by atoms with E-state index in [-0.39, 0.29) is 0 Å². The second-order valence-electron chi connectivity index (χ2n) is 4.37. The summed E-state index contributed by atoms with van der Waals surface area (Å²) in [4.78, 5) is 0. The molecule has 4 heteroatoms. The Morgan fingerprint density at radius 3 is 2.87 bits per heavy atom. The topological polar surface area (TPSA) is 29.9 Å². The van der Waals surface area contributed by atoms with Crippen molar-refractivity contribution in [2.24, 2.45) is 7.05 Å². The molecule has 0 saturated heterocycles. The molecule has 1 N–H and O–H groups in total. The molecule has 15 heavy (non-hydrogen) atoms. The van der Waals surface area contributed by atoms with Crippen molar-refractivity contribution in [2.45, 2.75) is 30.6 Å². The molecule has 0 radical (unpaired) electrons. The SMILES string of the molecule is CSC1(CNCc2cnn(C)c2)CCC1. The van der Waals surface area contributed by atoms with Crippen molar-refractivity contribution < 1.29 is 0 Å². The van der Waals surface area contributed by atoms with Crippen LogP contribution in [0.4, 0.5) is 0 Å². The predicted octanol–water partition coefficient (Wildman–Crippen LogP) is 1.80. The van der Waals surface area contributed by atoms with Crippen LogP contribution in [-0.2, 0) is 13.6 Å². The van der Waals surface area contributed by atoms with E-state index in [9.17, 15) is 0 Å². The average molecular weight is 225 g/mol. The zero-order valence-electron chi connectivity index (χ0n) is 9.49. The minimum Gasteiger partial charge on any atom is -0.311 e. The van der Waals surface area contributed by atoms with E-state index in [4.69, 9.17) is 0 Å². The van der Waals surface area contributed by atoms with E-state index in [1.54, 1.807) is 0 Å². The number of nitrogens with zero attached hydrogens (tertiary/aromatic N) is 2. The monoisotopic (exact) mass is 225 g/mol. The van der Waals surface area contributed by atoms with Gasteiger partial charge in [-0.15, -0.1) is 0 Å². The number of hydrogen-bond donors (Lipinski definition) is 1. The molecule has 1 aromatic rings. The van der Waals surface area contributed by atoms with Crippen LogP contribution in [0.15, 0.2) is 12.4 Å². The quantitative estimate of drug-likeness (QED) is 0.828. The average Bonchev–Trinajstić information content (AvgIpc) is 2.56. The number of nitrogens with one attached hydrogen (secondary N) is 1. The van der Waals surface area contributed by atoms with Crippen molar-refractivity contribution in [1.29, 1.82) is 0 Å². The first-order chi connectivity index (χ1) is 7.24. The second kappa shape index (κ2) is 4.58. The second-order valence-corrected chi connectivity index (χ2v) is 5.64. The van der Waals surface area contributed by atoms with Gasteiger partial charge in [-0.1, -0.05) is 6.42 Å². The van der Waals surface area contributed by atoms with Gasteiger partial charge in [0.05, 0.1) is 6.20 Å².